The first-order valence-electron chi connectivity index (χ1n) is 10.0. The van der Waals surface area contributed by atoms with E-state index in [0.29, 0.717) is 0 Å². The molecule has 2 aromatic carbocycles. The first kappa shape index (κ1) is 19.4. The molecule has 0 aromatic heterocycles. The second-order valence-electron chi connectivity index (χ2n) is 7.44. The van der Waals surface area contributed by atoms with Crippen molar-refractivity contribution in [2.45, 2.75) is 25.8 Å². The summed E-state index contributed by atoms with van der Waals surface area (Å²) < 4.78 is 0. The lowest BCUT2D eigenvalue weighted by molar-refractivity contribution is -0.126. The maximum absolute atomic E-state index is 12.4. The van der Waals surface area contributed by atoms with Crippen LogP contribution < -0.4 is 10.2 Å². The molecule has 0 spiro atoms. The number of para-hydroxylation sites is 1. The number of hydrogen-bond donors (Lipinski definition) is 1. The fraction of sp³-hybridized carbons (Fsp3) is 0.435. The molecule has 0 aliphatic carbocycles. The van der Waals surface area contributed by atoms with Crippen molar-refractivity contribution in [2.24, 2.45) is 5.92 Å². The quantitative estimate of drug-likeness (QED) is 0.727. The summed E-state index contributed by atoms with van der Waals surface area (Å²) in [7, 11) is 2.10. The average Bonchev–Trinajstić information content (AvgIpc) is 2.73. The summed E-state index contributed by atoms with van der Waals surface area (Å²) in [6.07, 6.45) is 2.88. The number of likely N-dealkylation sites (tertiary alicyclic amines) is 1. The van der Waals surface area contributed by atoms with E-state index in [1.807, 2.05) is 6.07 Å². The standard InChI is InChI=1S/C23H31N3O/c1-25(22-11-6-3-7-12-22)16-8-15-24-23(27)21-13-17-26(18-14-21)19-20-9-4-2-5-10-20/h2-7,9-12,21H,8,13-19H2,1H3,(H,24,27). The number of anilines is 1. The van der Waals surface area contributed by atoms with E-state index in [1.54, 1.807) is 0 Å². The largest absolute Gasteiger partial charge is 0.375 e. The second kappa shape index (κ2) is 10.1. The SMILES string of the molecule is CN(CCCNC(=O)C1CCN(Cc2ccccc2)CC1)c1ccccc1. The van der Waals surface area contributed by atoms with Gasteiger partial charge in [-0.15, -0.1) is 0 Å². The topological polar surface area (TPSA) is 35.6 Å². The van der Waals surface area contributed by atoms with Crippen LogP contribution in [-0.4, -0.2) is 44.0 Å². The lowest BCUT2D eigenvalue weighted by Crippen LogP contribution is -2.40. The number of amides is 1. The highest BCUT2D eigenvalue weighted by atomic mass is 16.1. The number of carbonyl (C=O) groups is 1. The number of benzene rings is 2. The maximum Gasteiger partial charge on any atom is 0.223 e. The summed E-state index contributed by atoms with van der Waals surface area (Å²) in [5.41, 5.74) is 2.57. The Morgan fingerprint density at radius 1 is 1.04 bits per heavy atom. The van der Waals surface area contributed by atoms with E-state index in [0.717, 1.165) is 52.0 Å². The molecule has 1 saturated heterocycles. The molecule has 4 nitrogen and oxygen atoms in total. The van der Waals surface area contributed by atoms with Crippen LogP contribution in [-0.2, 0) is 11.3 Å². The second-order valence-corrected chi connectivity index (χ2v) is 7.44. The van der Waals surface area contributed by atoms with Crippen LogP contribution in [0.15, 0.2) is 60.7 Å². The van der Waals surface area contributed by atoms with E-state index in [4.69, 9.17) is 0 Å². The molecule has 27 heavy (non-hydrogen) atoms. The van der Waals surface area contributed by atoms with Gasteiger partial charge in [-0.1, -0.05) is 48.5 Å². The molecule has 0 atom stereocenters. The van der Waals surface area contributed by atoms with Crippen LogP contribution >= 0.6 is 0 Å². The highest BCUT2D eigenvalue weighted by Crippen LogP contribution is 2.19. The first-order chi connectivity index (χ1) is 13.2. The first-order valence-corrected chi connectivity index (χ1v) is 10.0. The zero-order valence-corrected chi connectivity index (χ0v) is 16.3. The zero-order valence-electron chi connectivity index (χ0n) is 16.3. The average molecular weight is 366 g/mol. The van der Waals surface area contributed by atoms with Crippen molar-refractivity contribution in [3.63, 3.8) is 0 Å². The molecule has 0 radical (unpaired) electrons. The fourth-order valence-electron chi connectivity index (χ4n) is 3.68. The van der Waals surface area contributed by atoms with Crippen LogP contribution in [0, 0.1) is 5.92 Å². The highest BCUT2D eigenvalue weighted by molar-refractivity contribution is 5.78. The molecule has 1 heterocycles. The molecular weight excluding hydrogens is 334 g/mol. The van der Waals surface area contributed by atoms with Crippen molar-refractivity contribution in [2.75, 3.05) is 38.1 Å². The number of rotatable bonds is 8. The number of hydrogen-bond acceptors (Lipinski definition) is 3. The lowest BCUT2D eigenvalue weighted by atomic mass is 9.95. The van der Waals surface area contributed by atoms with Crippen molar-refractivity contribution >= 4 is 11.6 Å². The molecule has 144 valence electrons. The Labute approximate surface area is 163 Å². The van der Waals surface area contributed by atoms with Gasteiger partial charge in [0.25, 0.3) is 0 Å². The van der Waals surface area contributed by atoms with E-state index in [9.17, 15) is 4.79 Å². The number of piperidine rings is 1. The summed E-state index contributed by atoms with van der Waals surface area (Å²) in [5, 5.41) is 3.14. The van der Waals surface area contributed by atoms with Gasteiger partial charge in [0.2, 0.25) is 5.91 Å². The van der Waals surface area contributed by atoms with Gasteiger partial charge in [0.05, 0.1) is 0 Å². The van der Waals surface area contributed by atoms with Crippen molar-refractivity contribution < 1.29 is 4.79 Å². The minimum Gasteiger partial charge on any atom is -0.375 e. The molecule has 3 rings (SSSR count). The molecular formula is C23H31N3O. The number of nitrogens with zero attached hydrogens (tertiary/aromatic N) is 2. The van der Waals surface area contributed by atoms with Gasteiger partial charge in [0, 0.05) is 38.3 Å². The van der Waals surface area contributed by atoms with Crippen LogP contribution in [0.25, 0.3) is 0 Å². The normalized spacial score (nSPS) is 15.4. The van der Waals surface area contributed by atoms with Crippen molar-refractivity contribution in [1.29, 1.82) is 0 Å². The van der Waals surface area contributed by atoms with E-state index in [-0.39, 0.29) is 11.8 Å². The summed E-state index contributed by atoms with van der Waals surface area (Å²) in [6, 6.07) is 20.9. The summed E-state index contributed by atoms with van der Waals surface area (Å²) in [4.78, 5) is 17.1. The minimum absolute atomic E-state index is 0.170. The minimum atomic E-state index is 0.170. The molecule has 0 bridgehead atoms. The van der Waals surface area contributed by atoms with Crippen LogP contribution in [0.2, 0.25) is 0 Å². The van der Waals surface area contributed by atoms with Crippen LogP contribution in [0.3, 0.4) is 0 Å². The van der Waals surface area contributed by atoms with E-state index in [2.05, 4.69) is 76.8 Å². The predicted molar refractivity (Wildman–Crippen MR) is 112 cm³/mol. The summed E-state index contributed by atoms with van der Waals surface area (Å²) >= 11 is 0. The Kier molecular flexibility index (Phi) is 7.28. The van der Waals surface area contributed by atoms with Gasteiger partial charge in [-0.25, -0.2) is 0 Å². The van der Waals surface area contributed by atoms with Gasteiger partial charge < -0.3 is 10.2 Å². The fourth-order valence-corrected chi connectivity index (χ4v) is 3.68. The van der Waals surface area contributed by atoms with Gasteiger partial charge in [0.1, 0.15) is 0 Å². The molecule has 0 unspecified atom stereocenters. The van der Waals surface area contributed by atoms with Crippen LogP contribution in [0.4, 0.5) is 5.69 Å². The number of carbonyl (C=O) groups excluding carboxylic acids is 1. The zero-order chi connectivity index (χ0) is 18.9. The van der Waals surface area contributed by atoms with Gasteiger partial charge in [-0.05, 0) is 50.0 Å². The Morgan fingerprint density at radius 2 is 1.67 bits per heavy atom. The molecule has 0 saturated carbocycles. The van der Waals surface area contributed by atoms with Crippen LogP contribution in [0.1, 0.15) is 24.8 Å². The molecule has 1 aliphatic heterocycles. The molecule has 4 heteroatoms. The molecule has 1 fully saturated rings. The third-order valence-corrected chi connectivity index (χ3v) is 5.37. The van der Waals surface area contributed by atoms with E-state index < -0.39 is 0 Å². The Balaban J connectivity index is 1.31. The van der Waals surface area contributed by atoms with Crippen LogP contribution in [0.5, 0.6) is 0 Å². The van der Waals surface area contributed by atoms with Crippen molar-refractivity contribution in [1.82, 2.24) is 10.2 Å². The lowest BCUT2D eigenvalue weighted by Gasteiger charge is -2.31. The Bertz CT molecular complexity index is 681. The third-order valence-electron chi connectivity index (χ3n) is 5.37. The Morgan fingerprint density at radius 3 is 2.33 bits per heavy atom. The van der Waals surface area contributed by atoms with Gasteiger partial charge in [-0.2, -0.15) is 0 Å². The summed E-state index contributed by atoms with van der Waals surface area (Å²) in [6.45, 7) is 4.69. The maximum atomic E-state index is 12.4. The van der Waals surface area contributed by atoms with E-state index in [1.165, 1.54) is 11.3 Å². The third kappa shape index (κ3) is 6.10. The van der Waals surface area contributed by atoms with Gasteiger partial charge in [0.15, 0.2) is 0 Å². The molecule has 2 aromatic rings. The van der Waals surface area contributed by atoms with E-state index >= 15 is 0 Å². The molecule has 1 amide bonds. The molecule has 1 N–H and O–H groups in total. The number of nitrogens with one attached hydrogen (secondary N) is 1. The van der Waals surface area contributed by atoms with Gasteiger partial charge >= 0.3 is 0 Å². The highest BCUT2D eigenvalue weighted by Gasteiger charge is 2.24. The van der Waals surface area contributed by atoms with Crippen molar-refractivity contribution in [3.8, 4) is 0 Å². The van der Waals surface area contributed by atoms with Crippen molar-refractivity contribution in [3.05, 3.63) is 66.2 Å². The molecule has 1 aliphatic rings. The predicted octanol–water partition coefficient (Wildman–Crippen LogP) is 3.54. The monoisotopic (exact) mass is 365 g/mol. The smallest absolute Gasteiger partial charge is 0.223 e. The Hall–Kier alpha value is -2.33. The van der Waals surface area contributed by atoms with Gasteiger partial charge in [-0.3, -0.25) is 9.69 Å². The summed E-state index contributed by atoms with van der Waals surface area (Å²) in [5.74, 6) is 0.403.